The topological polar surface area (TPSA) is 101 Å². The highest BCUT2D eigenvalue weighted by Gasteiger charge is 2.18. The third kappa shape index (κ3) is 4.92. The molecule has 3 rings (SSSR count). The van der Waals surface area contributed by atoms with E-state index in [0.29, 0.717) is 44.7 Å². The summed E-state index contributed by atoms with van der Waals surface area (Å²) in [4.78, 5) is 12.4. The monoisotopic (exact) mass is 465 g/mol. The van der Waals surface area contributed by atoms with Crippen molar-refractivity contribution in [2.45, 2.75) is 31.4 Å². The van der Waals surface area contributed by atoms with Gasteiger partial charge >= 0.3 is 0 Å². The highest BCUT2D eigenvalue weighted by atomic mass is 35.5. The Labute approximate surface area is 183 Å². The van der Waals surface area contributed by atoms with Crippen molar-refractivity contribution in [1.29, 1.82) is 0 Å². The first-order valence-corrected chi connectivity index (χ1v) is 11.7. The largest absolute Gasteiger partial charge is 0.354 e. The number of aryl methyl sites for hydroxylation is 1. The quantitative estimate of drug-likeness (QED) is 0.491. The standard InChI is InChI=1S/C20H20ClN3O4S2/c1-4-18(25)22-20-13(3)23-28-17(20)10-8-14-9-11-19(29-14)30(26,27)24-16-7-5-6-15(21)12(16)2/h5-11,24H,4H2,1-3H3,(H,22,25). The molecule has 0 aliphatic rings. The van der Waals surface area contributed by atoms with Gasteiger partial charge in [0, 0.05) is 16.3 Å². The molecule has 0 radical (unpaired) electrons. The normalized spacial score (nSPS) is 11.7. The molecule has 0 fully saturated rings. The van der Waals surface area contributed by atoms with Gasteiger partial charge in [0.25, 0.3) is 10.0 Å². The maximum Gasteiger partial charge on any atom is 0.271 e. The molecule has 2 aromatic heterocycles. The number of aromatic nitrogens is 1. The first-order valence-electron chi connectivity index (χ1n) is 9.03. The van der Waals surface area contributed by atoms with E-state index >= 15 is 0 Å². The van der Waals surface area contributed by atoms with Crippen LogP contribution in [0.5, 0.6) is 0 Å². The molecule has 2 N–H and O–H groups in total. The minimum absolute atomic E-state index is 0.150. The molecule has 0 aliphatic carbocycles. The number of nitrogens with zero attached hydrogens (tertiary/aromatic N) is 1. The van der Waals surface area contributed by atoms with Crippen LogP contribution in [0.3, 0.4) is 0 Å². The van der Waals surface area contributed by atoms with E-state index in [1.165, 1.54) is 6.07 Å². The minimum Gasteiger partial charge on any atom is -0.354 e. The van der Waals surface area contributed by atoms with Crippen molar-refractivity contribution in [3.05, 3.63) is 57.2 Å². The van der Waals surface area contributed by atoms with Crippen LogP contribution in [0.1, 0.15) is 35.2 Å². The fourth-order valence-electron chi connectivity index (χ4n) is 2.52. The van der Waals surface area contributed by atoms with Crippen molar-refractivity contribution in [2.75, 3.05) is 10.0 Å². The lowest BCUT2D eigenvalue weighted by molar-refractivity contribution is -0.115. The summed E-state index contributed by atoms with van der Waals surface area (Å²) in [6, 6.07) is 8.26. The highest BCUT2D eigenvalue weighted by Crippen LogP contribution is 2.29. The summed E-state index contributed by atoms with van der Waals surface area (Å²) in [5.41, 5.74) is 2.15. The number of amides is 1. The number of carbonyl (C=O) groups excluding carboxylic acids is 1. The lowest BCUT2D eigenvalue weighted by Crippen LogP contribution is -2.12. The van der Waals surface area contributed by atoms with Gasteiger partial charge in [-0.1, -0.05) is 29.7 Å². The molecule has 0 bridgehead atoms. The second-order valence-electron chi connectivity index (χ2n) is 6.42. The van der Waals surface area contributed by atoms with E-state index in [1.807, 2.05) is 0 Å². The van der Waals surface area contributed by atoms with Crippen molar-refractivity contribution in [3.8, 4) is 0 Å². The molecule has 10 heteroatoms. The first-order chi connectivity index (χ1) is 14.2. The van der Waals surface area contributed by atoms with Crippen molar-refractivity contribution < 1.29 is 17.7 Å². The molecule has 0 unspecified atom stereocenters. The molecular weight excluding hydrogens is 446 g/mol. The Bertz CT molecular complexity index is 1210. The number of thiophene rings is 1. The van der Waals surface area contributed by atoms with Crippen molar-refractivity contribution in [3.63, 3.8) is 0 Å². The maximum absolute atomic E-state index is 12.7. The van der Waals surface area contributed by atoms with Crippen LogP contribution >= 0.6 is 22.9 Å². The van der Waals surface area contributed by atoms with E-state index in [4.69, 9.17) is 16.1 Å². The Morgan fingerprint density at radius 1 is 1.23 bits per heavy atom. The molecule has 0 saturated heterocycles. The van der Waals surface area contributed by atoms with Crippen LogP contribution in [-0.2, 0) is 14.8 Å². The molecule has 158 valence electrons. The van der Waals surface area contributed by atoms with Crippen molar-refractivity contribution >= 4 is 62.4 Å². The van der Waals surface area contributed by atoms with Crippen molar-refractivity contribution in [2.24, 2.45) is 0 Å². The average Bonchev–Trinajstić information content (AvgIpc) is 3.32. The van der Waals surface area contributed by atoms with Crippen LogP contribution in [0.4, 0.5) is 11.4 Å². The molecule has 3 aromatic rings. The maximum atomic E-state index is 12.7. The zero-order chi connectivity index (χ0) is 21.9. The zero-order valence-electron chi connectivity index (χ0n) is 16.5. The molecule has 30 heavy (non-hydrogen) atoms. The predicted molar refractivity (Wildman–Crippen MR) is 120 cm³/mol. The number of rotatable bonds is 7. The summed E-state index contributed by atoms with van der Waals surface area (Å²) in [7, 11) is -3.75. The number of nitrogens with one attached hydrogen (secondary N) is 2. The van der Waals surface area contributed by atoms with E-state index in [9.17, 15) is 13.2 Å². The van der Waals surface area contributed by atoms with Gasteiger partial charge in [-0.25, -0.2) is 8.42 Å². The number of benzene rings is 1. The summed E-state index contributed by atoms with van der Waals surface area (Å²) in [6.07, 6.45) is 3.68. The first kappa shape index (κ1) is 22.1. The molecule has 1 aromatic carbocycles. The van der Waals surface area contributed by atoms with Crippen LogP contribution in [0.2, 0.25) is 5.02 Å². The smallest absolute Gasteiger partial charge is 0.271 e. The molecule has 7 nitrogen and oxygen atoms in total. The molecular formula is C20H20ClN3O4S2. The van der Waals surface area contributed by atoms with Gasteiger partial charge in [-0.05, 0) is 55.8 Å². The number of hydrogen-bond donors (Lipinski definition) is 2. The van der Waals surface area contributed by atoms with Crippen molar-refractivity contribution in [1.82, 2.24) is 5.16 Å². The third-order valence-corrected chi connectivity index (χ3v) is 7.57. The fraction of sp³-hybridized carbons (Fsp3) is 0.200. The van der Waals surface area contributed by atoms with E-state index in [-0.39, 0.29) is 10.1 Å². The Morgan fingerprint density at radius 2 is 2.00 bits per heavy atom. The van der Waals surface area contributed by atoms with E-state index in [2.05, 4.69) is 15.2 Å². The van der Waals surface area contributed by atoms with Gasteiger partial charge in [-0.15, -0.1) is 11.3 Å². The van der Waals surface area contributed by atoms with Crippen LogP contribution in [0, 0.1) is 13.8 Å². The number of sulfonamides is 1. The molecule has 0 saturated carbocycles. The Balaban J connectivity index is 1.80. The summed E-state index contributed by atoms with van der Waals surface area (Å²) < 4.78 is 33.4. The summed E-state index contributed by atoms with van der Waals surface area (Å²) in [6.45, 7) is 5.22. The number of anilines is 2. The molecule has 0 aliphatic heterocycles. The number of hydrogen-bond acceptors (Lipinski definition) is 6. The van der Waals surface area contributed by atoms with Crippen LogP contribution < -0.4 is 10.0 Å². The van der Waals surface area contributed by atoms with Crippen LogP contribution in [0.15, 0.2) is 39.1 Å². The minimum atomic E-state index is -3.75. The molecule has 2 heterocycles. The summed E-state index contributed by atoms with van der Waals surface area (Å²) >= 11 is 7.17. The Morgan fingerprint density at radius 3 is 2.73 bits per heavy atom. The molecule has 0 spiro atoms. The highest BCUT2D eigenvalue weighted by molar-refractivity contribution is 7.94. The van der Waals surface area contributed by atoms with Gasteiger partial charge in [-0.2, -0.15) is 0 Å². The SMILES string of the molecule is CCC(=O)Nc1c(C)noc1C=Cc1ccc(S(=O)(=O)Nc2cccc(Cl)c2C)s1. The van der Waals surface area contributed by atoms with Crippen LogP contribution in [-0.4, -0.2) is 19.5 Å². The lowest BCUT2D eigenvalue weighted by atomic mass is 10.2. The van der Waals surface area contributed by atoms with E-state index in [0.717, 1.165) is 11.3 Å². The van der Waals surface area contributed by atoms with Gasteiger partial charge in [0.1, 0.15) is 15.6 Å². The van der Waals surface area contributed by atoms with E-state index in [1.54, 1.807) is 57.2 Å². The summed E-state index contributed by atoms with van der Waals surface area (Å²) in [5.74, 6) is 0.239. The van der Waals surface area contributed by atoms with Gasteiger partial charge < -0.3 is 9.84 Å². The van der Waals surface area contributed by atoms with Gasteiger partial charge in [-0.3, -0.25) is 9.52 Å². The van der Waals surface area contributed by atoms with E-state index < -0.39 is 10.0 Å². The fourth-order valence-corrected chi connectivity index (χ4v) is 5.05. The number of halogens is 1. The third-order valence-electron chi connectivity index (χ3n) is 4.25. The van der Waals surface area contributed by atoms with Gasteiger partial charge in [0.15, 0.2) is 5.76 Å². The predicted octanol–water partition coefficient (Wildman–Crippen LogP) is 5.33. The Kier molecular flexibility index (Phi) is 6.64. The summed E-state index contributed by atoms with van der Waals surface area (Å²) in [5, 5.41) is 7.10. The Hall–Kier alpha value is -2.62. The van der Waals surface area contributed by atoms with Gasteiger partial charge in [0.2, 0.25) is 5.91 Å². The lowest BCUT2D eigenvalue weighted by Gasteiger charge is -2.10. The zero-order valence-corrected chi connectivity index (χ0v) is 18.9. The second kappa shape index (κ2) is 9.03. The molecule has 1 amide bonds. The number of carbonyl (C=O) groups is 1. The average molecular weight is 466 g/mol. The van der Waals surface area contributed by atoms with Gasteiger partial charge in [0.05, 0.1) is 5.69 Å². The second-order valence-corrected chi connectivity index (χ2v) is 9.85. The van der Waals surface area contributed by atoms with Crippen LogP contribution in [0.25, 0.3) is 12.2 Å². The molecule has 0 atom stereocenters.